The number of aliphatic hydroxyl groups is 2. The van der Waals surface area contributed by atoms with E-state index in [0.29, 0.717) is 43.9 Å². The maximum absolute atomic E-state index is 13.8. The number of nitrogens with one attached hydrogen (secondary N) is 4. The van der Waals surface area contributed by atoms with Gasteiger partial charge in [0.2, 0.25) is 0 Å². The van der Waals surface area contributed by atoms with Crippen LogP contribution >= 0.6 is 0 Å². The van der Waals surface area contributed by atoms with Gasteiger partial charge in [0.1, 0.15) is 12.1 Å². The number of rotatable bonds is 14. The van der Waals surface area contributed by atoms with Crippen LogP contribution in [0.15, 0.2) is 48.5 Å². The zero-order valence-corrected chi connectivity index (χ0v) is 30.5. The normalized spacial score (nSPS) is 20.7. The molecule has 0 radical (unpaired) electrons. The van der Waals surface area contributed by atoms with E-state index in [4.69, 9.17) is 15.8 Å². The number of hydrogen-bond donors (Lipinski definition) is 8. The van der Waals surface area contributed by atoms with Crippen LogP contribution in [-0.2, 0) is 14.4 Å². The molecule has 300 valence electrons. The van der Waals surface area contributed by atoms with Crippen LogP contribution in [0, 0.1) is 71.0 Å². The summed E-state index contributed by atoms with van der Waals surface area (Å²) in [6.45, 7) is 1.86. The molecule has 0 aliphatic heterocycles. The van der Waals surface area contributed by atoms with Crippen LogP contribution in [0.3, 0.4) is 0 Å². The van der Waals surface area contributed by atoms with Gasteiger partial charge in [-0.15, -0.1) is 0 Å². The van der Waals surface area contributed by atoms with Gasteiger partial charge in [0.25, 0.3) is 36.5 Å². The first-order valence-corrected chi connectivity index (χ1v) is 17.4. The van der Waals surface area contributed by atoms with Crippen LogP contribution in [0.25, 0.3) is 0 Å². The van der Waals surface area contributed by atoms with Crippen molar-refractivity contribution in [3.8, 4) is 47.4 Å². The minimum atomic E-state index is -3.43. The molecule has 4 rings (SSSR count). The average Bonchev–Trinajstić information content (AvgIpc) is 4.12. The van der Waals surface area contributed by atoms with Crippen LogP contribution in [0.4, 0.5) is 17.6 Å². The average molecular weight is 794 g/mol. The number of carbonyl (C=O) groups is 4. The number of alkyl halides is 4. The number of amides is 4. The predicted octanol–water partition coefficient (Wildman–Crippen LogP) is 1.11. The van der Waals surface area contributed by atoms with Gasteiger partial charge in [0, 0.05) is 34.1 Å². The van der Waals surface area contributed by atoms with Gasteiger partial charge in [-0.2, -0.15) is 0 Å². The van der Waals surface area contributed by atoms with E-state index in [1.54, 1.807) is 0 Å². The van der Waals surface area contributed by atoms with E-state index < -0.39 is 59.8 Å². The Morgan fingerprint density at radius 3 is 1.56 bits per heavy atom. The first-order valence-electron chi connectivity index (χ1n) is 17.4. The zero-order chi connectivity index (χ0) is 41.9. The lowest BCUT2D eigenvalue weighted by atomic mass is 9.95. The summed E-state index contributed by atoms with van der Waals surface area (Å²) in [5.74, 6) is 18.1. The Bertz CT molecular complexity index is 2070. The monoisotopic (exact) mass is 793 g/mol. The summed E-state index contributed by atoms with van der Waals surface area (Å²) in [5, 5.41) is 33.4. The van der Waals surface area contributed by atoms with Crippen molar-refractivity contribution in [2.75, 3.05) is 13.2 Å². The van der Waals surface area contributed by atoms with Gasteiger partial charge in [-0.05, 0) is 117 Å². The lowest BCUT2D eigenvalue weighted by Crippen LogP contribution is -2.62. The number of benzene rings is 2. The third-order valence-electron chi connectivity index (χ3n) is 9.20. The van der Waals surface area contributed by atoms with Gasteiger partial charge in [-0.25, -0.2) is 28.5 Å². The number of hydroxylamine groups is 2. The molecule has 8 atom stereocenters. The van der Waals surface area contributed by atoms with E-state index >= 15 is 0 Å². The molecular weight excluding hydrogens is 754 g/mol. The van der Waals surface area contributed by atoms with E-state index in [1.165, 1.54) is 48.5 Å². The van der Waals surface area contributed by atoms with Gasteiger partial charge >= 0.3 is 0 Å². The molecule has 0 bridgehead atoms. The molecule has 2 fully saturated rings. The van der Waals surface area contributed by atoms with Gasteiger partial charge in [-0.3, -0.25) is 29.2 Å². The van der Waals surface area contributed by atoms with E-state index in [-0.39, 0.29) is 35.5 Å². The summed E-state index contributed by atoms with van der Waals surface area (Å²) in [5.41, 5.74) is 3.71. The predicted molar refractivity (Wildman–Crippen MR) is 194 cm³/mol. The lowest BCUT2D eigenvalue weighted by Gasteiger charge is -2.31. The van der Waals surface area contributed by atoms with Crippen molar-refractivity contribution in [3.05, 3.63) is 70.8 Å². The molecule has 2 aromatic rings. The van der Waals surface area contributed by atoms with Crippen molar-refractivity contribution in [1.82, 2.24) is 21.6 Å². The summed E-state index contributed by atoms with van der Waals surface area (Å²) in [4.78, 5) is 55.3. The van der Waals surface area contributed by atoms with E-state index in [0.717, 1.165) is 11.9 Å². The number of nitrogens with two attached hydrogens (primary N) is 1. The Labute approximate surface area is 325 Å². The molecule has 2 saturated carbocycles. The third-order valence-corrected chi connectivity index (χ3v) is 9.20. The van der Waals surface area contributed by atoms with Crippen LogP contribution in [0.1, 0.15) is 58.5 Å². The molecule has 13 nitrogen and oxygen atoms in total. The van der Waals surface area contributed by atoms with Crippen LogP contribution in [-0.4, -0.2) is 88.3 Å². The topological polar surface area (TPSA) is 212 Å². The van der Waals surface area contributed by atoms with Gasteiger partial charge in [0.15, 0.2) is 11.2 Å². The molecule has 0 spiro atoms. The quantitative estimate of drug-likeness (QED) is 0.0595. The molecule has 57 heavy (non-hydrogen) atoms. The first-order chi connectivity index (χ1) is 27.0. The summed E-state index contributed by atoms with van der Waals surface area (Å²) in [7, 11) is 0. The highest BCUT2D eigenvalue weighted by Crippen LogP contribution is 2.38. The van der Waals surface area contributed by atoms with E-state index in [1.807, 2.05) is 10.8 Å². The number of hydrogen-bond acceptors (Lipinski definition) is 9. The maximum atomic E-state index is 13.8. The van der Waals surface area contributed by atoms with Crippen molar-refractivity contribution in [2.45, 2.75) is 62.8 Å². The Kier molecular flexibility index (Phi) is 14.8. The first kappa shape index (κ1) is 43.8. The Morgan fingerprint density at radius 1 is 0.737 bits per heavy atom. The van der Waals surface area contributed by atoms with Crippen molar-refractivity contribution in [3.63, 3.8) is 0 Å². The van der Waals surface area contributed by atoms with Gasteiger partial charge < -0.3 is 26.6 Å². The van der Waals surface area contributed by atoms with E-state index in [2.05, 4.69) is 52.7 Å². The van der Waals surface area contributed by atoms with Gasteiger partial charge in [0.05, 0.1) is 6.61 Å². The molecule has 2 aliphatic rings. The van der Waals surface area contributed by atoms with Crippen molar-refractivity contribution < 1.29 is 57.0 Å². The smallest absolute Gasteiger partial charge is 0.269 e. The molecular formula is C40H39F4N5O8. The fraction of sp³-hybridized carbons (Fsp3) is 0.400. The number of halogens is 4. The fourth-order valence-electron chi connectivity index (χ4n) is 5.15. The van der Waals surface area contributed by atoms with Crippen molar-refractivity contribution in [1.29, 1.82) is 0 Å². The molecule has 17 heteroatoms. The Balaban J connectivity index is 1.25. The molecule has 2 aromatic carbocycles. The van der Waals surface area contributed by atoms with Crippen molar-refractivity contribution >= 4 is 23.6 Å². The fourth-order valence-corrected chi connectivity index (χ4v) is 5.15. The molecule has 4 amide bonds. The summed E-state index contributed by atoms with van der Waals surface area (Å²) in [6, 6.07) is 6.95. The largest absolute Gasteiger partial charge is 0.381 e. The molecule has 0 aromatic heterocycles. The molecule has 4 unspecified atom stereocenters. The summed E-state index contributed by atoms with van der Waals surface area (Å²) >= 11 is 0. The Hall–Kier alpha value is -5.92. The van der Waals surface area contributed by atoms with Crippen LogP contribution < -0.4 is 27.3 Å². The summed E-state index contributed by atoms with van der Waals surface area (Å²) < 4.78 is 54.0. The second-order valence-corrected chi connectivity index (χ2v) is 13.8. The number of carbonyl (C=O) groups excluding carboxylic acids is 4. The minimum absolute atomic E-state index is 0.0202. The van der Waals surface area contributed by atoms with Crippen molar-refractivity contribution in [2.24, 2.45) is 29.4 Å². The Morgan fingerprint density at radius 2 is 1.16 bits per heavy atom. The molecule has 0 heterocycles. The zero-order valence-electron chi connectivity index (χ0n) is 30.5. The maximum Gasteiger partial charge on any atom is 0.269 e. The van der Waals surface area contributed by atoms with Crippen LogP contribution in [0.2, 0.25) is 0 Å². The minimum Gasteiger partial charge on any atom is -0.381 e. The third kappa shape index (κ3) is 12.0. The van der Waals surface area contributed by atoms with E-state index in [9.17, 15) is 47.0 Å². The SMILES string of the molecule is C[C@@](O)(C(F)F)[C@H](NC(=O)c1ccc(C#CC#CC2CC2CONC(=O)[C@@H](NC(=O)c2ccc(C#CC#CC3CC3CN)cc2)[C@](C)(O)C(F)F)cc1)C(=O)NO. The lowest BCUT2D eigenvalue weighted by molar-refractivity contribution is -0.153. The second-order valence-electron chi connectivity index (χ2n) is 13.8. The summed E-state index contributed by atoms with van der Waals surface area (Å²) in [6.07, 6.45) is -5.32. The molecule has 2 aliphatic carbocycles. The second kappa shape index (κ2) is 19.3. The highest BCUT2D eigenvalue weighted by Gasteiger charge is 2.47. The van der Waals surface area contributed by atoms with Crippen LogP contribution in [0.5, 0.6) is 0 Å². The van der Waals surface area contributed by atoms with Gasteiger partial charge in [-0.1, -0.05) is 23.7 Å². The highest BCUT2D eigenvalue weighted by atomic mass is 19.3. The molecule has 9 N–H and O–H groups in total. The molecule has 0 saturated heterocycles. The highest BCUT2D eigenvalue weighted by molar-refractivity contribution is 5.98. The standard InChI is InChI=1S/C40H39F4N5O8/c1-39(54,37(41)42)31(35(52)48-56)46-33(50)25-15-11-24(12-16-25)8-4-6-10-28-20-30(28)22-57-49-36(53)32(40(2,55)38(43)44)47-34(51)26-17-13-23(14-18-26)7-3-5-9-27-19-29(27)21-45/h11-18,27-32,37-38,54-56H,19-22,45H2,1-2H3,(H,46,50)(H,47,51)(H,48,52)(H,49,53)/t27?,28?,29?,30?,31-,32-,39+,40+/m1/s1.